The number of morpholine rings is 1. The number of carbonyl (C=O) groups excluding carboxylic acids is 1. The van der Waals surface area contributed by atoms with Gasteiger partial charge in [-0.2, -0.15) is 0 Å². The van der Waals surface area contributed by atoms with Crippen molar-refractivity contribution in [3.8, 4) is 5.75 Å². The van der Waals surface area contributed by atoms with E-state index in [2.05, 4.69) is 10.2 Å². The fourth-order valence-corrected chi connectivity index (χ4v) is 2.64. The van der Waals surface area contributed by atoms with Crippen LogP contribution in [-0.4, -0.2) is 56.8 Å². The summed E-state index contributed by atoms with van der Waals surface area (Å²) in [6.07, 6.45) is 0. The van der Waals surface area contributed by atoms with Gasteiger partial charge in [0.15, 0.2) is 12.4 Å². The summed E-state index contributed by atoms with van der Waals surface area (Å²) < 4.78 is 10.6. The minimum absolute atomic E-state index is 0.164. The minimum atomic E-state index is -0.236. The second-order valence-electron chi connectivity index (χ2n) is 4.76. The van der Waals surface area contributed by atoms with Gasteiger partial charge >= 0.3 is 0 Å². The Kier molecular flexibility index (Phi) is 7.05. The van der Waals surface area contributed by atoms with Gasteiger partial charge < -0.3 is 14.8 Å². The van der Waals surface area contributed by atoms with Crippen molar-refractivity contribution in [1.82, 2.24) is 10.2 Å². The number of amides is 1. The lowest BCUT2D eigenvalue weighted by atomic mass is 10.3. The van der Waals surface area contributed by atoms with Crippen molar-refractivity contribution in [2.24, 2.45) is 0 Å². The Hall–Kier alpha value is -0.720. The molecule has 5 nitrogen and oxygen atoms in total. The van der Waals surface area contributed by atoms with Crippen molar-refractivity contribution in [3.05, 3.63) is 27.2 Å². The van der Waals surface area contributed by atoms with Gasteiger partial charge in [-0.15, -0.1) is 0 Å². The fourth-order valence-electron chi connectivity index (χ4n) is 2.01. The lowest BCUT2D eigenvalue weighted by molar-refractivity contribution is -0.123. The van der Waals surface area contributed by atoms with Gasteiger partial charge in [-0.25, -0.2) is 0 Å². The standard InChI is InChI=1S/C14H17Cl3N2O3/c15-10-1-2-11(16)14(13(10)17)22-9-12(20)18-3-4-19-5-7-21-8-6-19/h1-2H,3-9H2,(H,18,20). The van der Waals surface area contributed by atoms with Crippen molar-refractivity contribution < 1.29 is 14.3 Å². The molecule has 1 aliphatic heterocycles. The third-order valence-corrected chi connectivity index (χ3v) is 4.29. The average molecular weight is 368 g/mol. The summed E-state index contributed by atoms with van der Waals surface area (Å²) in [4.78, 5) is 14.0. The molecule has 0 unspecified atom stereocenters. The molecule has 8 heteroatoms. The predicted octanol–water partition coefficient (Wildman–Crippen LogP) is 2.47. The summed E-state index contributed by atoms with van der Waals surface area (Å²) in [5.41, 5.74) is 0. The maximum atomic E-state index is 11.8. The summed E-state index contributed by atoms with van der Waals surface area (Å²) >= 11 is 17.9. The molecule has 1 aliphatic rings. The van der Waals surface area contributed by atoms with Crippen LogP contribution >= 0.6 is 34.8 Å². The molecule has 1 aromatic rings. The number of hydrogen-bond donors (Lipinski definition) is 1. The van der Waals surface area contributed by atoms with E-state index in [-0.39, 0.29) is 23.3 Å². The summed E-state index contributed by atoms with van der Waals surface area (Å²) in [6.45, 7) is 4.43. The molecule has 1 saturated heterocycles. The van der Waals surface area contributed by atoms with E-state index in [0.29, 0.717) is 16.6 Å². The highest BCUT2D eigenvalue weighted by Crippen LogP contribution is 2.37. The summed E-state index contributed by atoms with van der Waals surface area (Å²) in [6, 6.07) is 3.14. The van der Waals surface area contributed by atoms with Crippen molar-refractivity contribution >= 4 is 40.7 Å². The zero-order chi connectivity index (χ0) is 15.9. The molecule has 0 aromatic heterocycles. The number of benzene rings is 1. The van der Waals surface area contributed by atoms with Crippen LogP contribution in [0.5, 0.6) is 5.75 Å². The maximum Gasteiger partial charge on any atom is 0.257 e. The highest BCUT2D eigenvalue weighted by Gasteiger charge is 2.13. The normalized spacial score (nSPS) is 15.6. The van der Waals surface area contributed by atoms with Crippen molar-refractivity contribution in [1.29, 1.82) is 0 Å². The highest BCUT2D eigenvalue weighted by molar-refractivity contribution is 6.44. The van der Waals surface area contributed by atoms with E-state index in [4.69, 9.17) is 44.3 Å². The Labute approximate surface area is 144 Å². The Balaban J connectivity index is 1.72. The Morgan fingerprint density at radius 1 is 1.23 bits per heavy atom. The third-order valence-electron chi connectivity index (χ3n) is 3.20. The summed E-state index contributed by atoms with van der Waals surface area (Å²) in [5.74, 6) is -0.0143. The molecular weight excluding hydrogens is 351 g/mol. The van der Waals surface area contributed by atoms with Crippen LogP contribution in [-0.2, 0) is 9.53 Å². The van der Waals surface area contributed by atoms with E-state index in [1.807, 2.05) is 0 Å². The van der Waals surface area contributed by atoms with Gasteiger partial charge in [0.25, 0.3) is 5.91 Å². The molecule has 0 radical (unpaired) electrons. The first kappa shape index (κ1) is 17.6. The first-order chi connectivity index (χ1) is 10.6. The van der Waals surface area contributed by atoms with Crippen LogP contribution in [0.25, 0.3) is 0 Å². The smallest absolute Gasteiger partial charge is 0.257 e. The van der Waals surface area contributed by atoms with Crippen LogP contribution in [0, 0.1) is 0 Å². The Bertz CT molecular complexity index is 522. The molecule has 0 saturated carbocycles. The SMILES string of the molecule is O=C(COc1c(Cl)ccc(Cl)c1Cl)NCCN1CCOCC1. The van der Waals surface area contributed by atoms with Crippen LogP contribution < -0.4 is 10.1 Å². The maximum absolute atomic E-state index is 11.8. The van der Waals surface area contributed by atoms with Crippen LogP contribution in [0.3, 0.4) is 0 Å². The van der Waals surface area contributed by atoms with E-state index in [1.54, 1.807) is 12.1 Å². The second kappa shape index (κ2) is 8.79. The molecule has 0 atom stereocenters. The summed E-state index contributed by atoms with van der Waals surface area (Å²) in [7, 11) is 0. The van der Waals surface area contributed by atoms with Gasteiger partial charge in [0, 0.05) is 26.2 Å². The number of carbonyl (C=O) groups is 1. The molecule has 1 amide bonds. The monoisotopic (exact) mass is 366 g/mol. The van der Waals surface area contributed by atoms with Crippen molar-refractivity contribution in [2.75, 3.05) is 46.0 Å². The first-order valence-corrected chi connectivity index (χ1v) is 8.04. The molecule has 0 bridgehead atoms. The number of ether oxygens (including phenoxy) is 2. The van der Waals surface area contributed by atoms with Gasteiger partial charge in [-0.3, -0.25) is 9.69 Å². The van der Waals surface area contributed by atoms with Gasteiger partial charge in [-0.05, 0) is 12.1 Å². The van der Waals surface area contributed by atoms with Gasteiger partial charge in [0.2, 0.25) is 0 Å². The molecule has 1 aromatic carbocycles. The number of hydrogen-bond acceptors (Lipinski definition) is 4. The zero-order valence-electron chi connectivity index (χ0n) is 11.9. The van der Waals surface area contributed by atoms with Crippen molar-refractivity contribution in [2.45, 2.75) is 0 Å². The number of halogens is 3. The minimum Gasteiger partial charge on any atom is -0.481 e. The van der Waals surface area contributed by atoms with E-state index in [9.17, 15) is 4.79 Å². The second-order valence-corrected chi connectivity index (χ2v) is 5.96. The lowest BCUT2D eigenvalue weighted by Crippen LogP contribution is -2.42. The van der Waals surface area contributed by atoms with Gasteiger partial charge in [-0.1, -0.05) is 34.8 Å². The quantitative estimate of drug-likeness (QED) is 0.785. The molecule has 0 aliphatic carbocycles. The molecule has 1 N–H and O–H groups in total. The molecular formula is C14H17Cl3N2O3. The zero-order valence-corrected chi connectivity index (χ0v) is 14.2. The number of nitrogens with zero attached hydrogens (tertiary/aromatic N) is 1. The molecule has 1 heterocycles. The largest absolute Gasteiger partial charge is 0.481 e. The molecule has 122 valence electrons. The van der Waals surface area contributed by atoms with Crippen LogP contribution in [0.2, 0.25) is 15.1 Å². The first-order valence-electron chi connectivity index (χ1n) is 6.91. The fraction of sp³-hybridized carbons (Fsp3) is 0.500. The van der Waals surface area contributed by atoms with E-state index in [1.165, 1.54) is 0 Å². The Morgan fingerprint density at radius 3 is 2.64 bits per heavy atom. The van der Waals surface area contributed by atoms with Crippen LogP contribution in [0.1, 0.15) is 0 Å². The predicted molar refractivity (Wildman–Crippen MR) is 87.2 cm³/mol. The molecule has 0 spiro atoms. The van der Waals surface area contributed by atoms with Crippen LogP contribution in [0.4, 0.5) is 0 Å². The summed E-state index contributed by atoms with van der Waals surface area (Å²) in [5, 5.41) is 3.64. The Morgan fingerprint density at radius 2 is 1.91 bits per heavy atom. The molecule has 1 fully saturated rings. The number of rotatable bonds is 6. The number of nitrogens with one attached hydrogen (secondary N) is 1. The highest BCUT2D eigenvalue weighted by atomic mass is 35.5. The van der Waals surface area contributed by atoms with Gasteiger partial charge in [0.1, 0.15) is 5.02 Å². The van der Waals surface area contributed by atoms with E-state index < -0.39 is 0 Å². The lowest BCUT2D eigenvalue weighted by Gasteiger charge is -2.26. The van der Waals surface area contributed by atoms with Crippen molar-refractivity contribution in [3.63, 3.8) is 0 Å². The van der Waals surface area contributed by atoms with Gasteiger partial charge in [0.05, 0.1) is 23.3 Å². The van der Waals surface area contributed by atoms with Crippen LogP contribution in [0.15, 0.2) is 12.1 Å². The topological polar surface area (TPSA) is 50.8 Å². The van der Waals surface area contributed by atoms with E-state index >= 15 is 0 Å². The van der Waals surface area contributed by atoms with E-state index in [0.717, 1.165) is 32.8 Å². The molecule has 2 rings (SSSR count). The molecule has 22 heavy (non-hydrogen) atoms. The third kappa shape index (κ3) is 5.18. The average Bonchev–Trinajstić information content (AvgIpc) is 2.52.